The number of nitrogens with one attached hydrogen (secondary N) is 3. The van der Waals surface area contributed by atoms with Crippen molar-refractivity contribution in [3.8, 4) is 11.5 Å². The average molecular weight is 382 g/mol. The van der Waals surface area contributed by atoms with Crippen LogP contribution >= 0.6 is 11.6 Å². The van der Waals surface area contributed by atoms with E-state index in [1.54, 1.807) is 12.1 Å². The molecular weight excluding hydrogens is 365 g/mol. The number of hydrogen-bond acceptors (Lipinski definition) is 4. The Kier molecular flexibility index (Phi) is 6.62. The Balaban J connectivity index is 1.80. The van der Waals surface area contributed by atoms with E-state index in [9.17, 15) is 14.0 Å². The minimum atomic E-state index is -0.660. The fourth-order valence-corrected chi connectivity index (χ4v) is 2.12. The monoisotopic (exact) mass is 381 g/mol. The minimum absolute atomic E-state index is 0.118. The third kappa shape index (κ3) is 5.52. The summed E-state index contributed by atoms with van der Waals surface area (Å²) in [6, 6.07) is 8.31. The van der Waals surface area contributed by atoms with Gasteiger partial charge in [-0.2, -0.15) is 0 Å². The van der Waals surface area contributed by atoms with Crippen LogP contribution in [0.1, 0.15) is 5.56 Å². The molecular formula is C17H17ClFN3O4. The average Bonchev–Trinajstić information content (AvgIpc) is 2.61. The highest BCUT2D eigenvalue weighted by Gasteiger charge is 2.10. The lowest BCUT2D eigenvalue weighted by Crippen LogP contribution is -2.45. The molecule has 9 heteroatoms. The summed E-state index contributed by atoms with van der Waals surface area (Å²) in [4.78, 5) is 23.6. The SMILES string of the molecule is COc1ccc(C)cc1NC(=O)NNC(=O)COc1ccc(F)c(Cl)c1. The maximum Gasteiger partial charge on any atom is 0.338 e. The van der Waals surface area contributed by atoms with E-state index >= 15 is 0 Å². The quantitative estimate of drug-likeness (QED) is 0.694. The molecule has 0 atom stereocenters. The van der Waals surface area contributed by atoms with Gasteiger partial charge in [0.15, 0.2) is 6.61 Å². The second-order valence-corrected chi connectivity index (χ2v) is 5.60. The van der Waals surface area contributed by atoms with E-state index in [1.807, 2.05) is 13.0 Å². The predicted octanol–water partition coefficient (Wildman–Crippen LogP) is 3.03. The van der Waals surface area contributed by atoms with Crippen LogP contribution in [0.25, 0.3) is 0 Å². The van der Waals surface area contributed by atoms with Crippen LogP contribution in [0.3, 0.4) is 0 Å². The second kappa shape index (κ2) is 8.91. The summed E-state index contributed by atoms with van der Waals surface area (Å²) in [7, 11) is 1.48. The Bertz CT molecular complexity index is 817. The van der Waals surface area contributed by atoms with Crippen LogP contribution in [0.15, 0.2) is 36.4 Å². The van der Waals surface area contributed by atoms with E-state index in [0.29, 0.717) is 11.4 Å². The number of rotatable bonds is 5. The largest absolute Gasteiger partial charge is 0.495 e. The standard InChI is InChI=1S/C17H17ClFN3O4/c1-10-3-6-15(25-2)14(7-10)20-17(24)22-21-16(23)9-26-11-4-5-13(19)12(18)8-11/h3-8H,9H2,1-2H3,(H,21,23)(H2,20,22,24). The molecule has 0 fully saturated rings. The molecule has 2 aromatic rings. The van der Waals surface area contributed by atoms with Gasteiger partial charge in [0, 0.05) is 6.07 Å². The number of methoxy groups -OCH3 is 1. The number of hydrazine groups is 1. The summed E-state index contributed by atoms with van der Waals surface area (Å²) in [6.07, 6.45) is 0. The van der Waals surface area contributed by atoms with Gasteiger partial charge in [-0.3, -0.25) is 10.2 Å². The summed E-state index contributed by atoms with van der Waals surface area (Å²) < 4.78 is 23.3. The molecule has 0 saturated heterocycles. The summed E-state index contributed by atoms with van der Waals surface area (Å²) in [5, 5.41) is 2.44. The number of aryl methyl sites for hydroxylation is 1. The van der Waals surface area contributed by atoms with Crippen LogP contribution in [0.2, 0.25) is 5.02 Å². The number of carbonyl (C=O) groups excluding carboxylic acids is 2. The lowest BCUT2D eigenvalue weighted by atomic mass is 10.2. The van der Waals surface area contributed by atoms with Gasteiger partial charge in [0.05, 0.1) is 17.8 Å². The smallest absolute Gasteiger partial charge is 0.338 e. The highest BCUT2D eigenvalue weighted by Crippen LogP contribution is 2.25. The molecule has 3 amide bonds. The molecule has 0 aliphatic rings. The summed E-state index contributed by atoms with van der Waals surface area (Å²) in [6.45, 7) is 1.47. The van der Waals surface area contributed by atoms with Gasteiger partial charge in [-0.15, -0.1) is 0 Å². The molecule has 7 nitrogen and oxygen atoms in total. The normalized spacial score (nSPS) is 10.0. The van der Waals surface area contributed by atoms with Gasteiger partial charge in [0.2, 0.25) is 0 Å². The van der Waals surface area contributed by atoms with Crippen molar-refractivity contribution in [3.05, 3.63) is 52.8 Å². The number of carbonyl (C=O) groups is 2. The zero-order chi connectivity index (χ0) is 19.1. The molecule has 3 N–H and O–H groups in total. The van der Waals surface area contributed by atoms with Crippen molar-refractivity contribution in [1.82, 2.24) is 10.9 Å². The summed E-state index contributed by atoms with van der Waals surface area (Å²) in [5.41, 5.74) is 5.75. The zero-order valence-corrected chi connectivity index (χ0v) is 14.8. The lowest BCUT2D eigenvalue weighted by Gasteiger charge is -2.12. The Morgan fingerprint density at radius 2 is 1.92 bits per heavy atom. The molecule has 0 aromatic heterocycles. The third-order valence-corrected chi connectivity index (χ3v) is 3.47. The van der Waals surface area contributed by atoms with Crippen molar-refractivity contribution in [1.29, 1.82) is 0 Å². The molecule has 2 rings (SSSR count). The predicted molar refractivity (Wildman–Crippen MR) is 94.9 cm³/mol. The van der Waals surface area contributed by atoms with Gasteiger partial charge in [0.1, 0.15) is 17.3 Å². The first kappa shape index (κ1) is 19.3. The first-order chi connectivity index (χ1) is 12.4. The number of benzene rings is 2. The van der Waals surface area contributed by atoms with E-state index in [0.717, 1.165) is 11.6 Å². The van der Waals surface area contributed by atoms with Crippen molar-refractivity contribution in [2.24, 2.45) is 0 Å². The Morgan fingerprint density at radius 3 is 2.62 bits per heavy atom. The lowest BCUT2D eigenvalue weighted by molar-refractivity contribution is -0.123. The first-order valence-electron chi connectivity index (χ1n) is 7.47. The molecule has 0 heterocycles. The summed E-state index contributed by atoms with van der Waals surface area (Å²) in [5.74, 6) is -0.501. The molecule has 0 bridgehead atoms. The number of ether oxygens (including phenoxy) is 2. The Labute approximate surface area is 154 Å². The molecule has 26 heavy (non-hydrogen) atoms. The molecule has 0 unspecified atom stereocenters. The highest BCUT2D eigenvalue weighted by atomic mass is 35.5. The van der Waals surface area contributed by atoms with E-state index in [1.165, 1.54) is 19.2 Å². The van der Waals surface area contributed by atoms with E-state index in [4.69, 9.17) is 21.1 Å². The first-order valence-corrected chi connectivity index (χ1v) is 7.85. The van der Waals surface area contributed by atoms with Crippen LogP contribution in [0.5, 0.6) is 11.5 Å². The van der Waals surface area contributed by atoms with Crippen LogP contribution < -0.4 is 25.6 Å². The molecule has 0 aliphatic heterocycles. The molecule has 0 saturated carbocycles. The van der Waals surface area contributed by atoms with E-state index < -0.39 is 24.4 Å². The molecule has 2 aromatic carbocycles. The van der Waals surface area contributed by atoms with Crippen molar-refractivity contribution in [3.63, 3.8) is 0 Å². The molecule has 138 valence electrons. The van der Waals surface area contributed by atoms with E-state index in [2.05, 4.69) is 16.2 Å². The molecule has 0 aliphatic carbocycles. The number of anilines is 1. The third-order valence-electron chi connectivity index (χ3n) is 3.18. The second-order valence-electron chi connectivity index (χ2n) is 5.20. The van der Waals surface area contributed by atoms with Gasteiger partial charge in [0.25, 0.3) is 5.91 Å². The fraction of sp³-hybridized carbons (Fsp3) is 0.176. The van der Waals surface area contributed by atoms with Gasteiger partial charge in [-0.25, -0.2) is 14.6 Å². The van der Waals surface area contributed by atoms with Crippen molar-refractivity contribution < 1.29 is 23.5 Å². The van der Waals surface area contributed by atoms with Gasteiger partial charge < -0.3 is 14.8 Å². The van der Waals surface area contributed by atoms with Crippen LogP contribution in [-0.2, 0) is 4.79 Å². The van der Waals surface area contributed by atoms with E-state index in [-0.39, 0.29) is 10.8 Å². The van der Waals surface area contributed by atoms with Gasteiger partial charge in [-0.1, -0.05) is 17.7 Å². The van der Waals surface area contributed by atoms with Crippen LogP contribution in [0, 0.1) is 12.7 Å². The zero-order valence-electron chi connectivity index (χ0n) is 14.1. The van der Waals surface area contributed by atoms with Gasteiger partial charge in [-0.05, 0) is 36.8 Å². The fourth-order valence-electron chi connectivity index (χ4n) is 1.95. The highest BCUT2D eigenvalue weighted by molar-refractivity contribution is 6.30. The molecule has 0 spiro atoms. The maximum absolute atomic E-state index is 13.0. The van der Waals surface area contributed by atoms with Gasteiger partial charge >= 0.3 is 6.03 Å². The topological polar surface area (TPSA) is 88.7 Å². The number of amides is 3. The van der Waals surface area contributed by atoms with Crippen molar-refractivity contribution in [2.45, 2.75) is 6.92 Å². The minimum Gasteiger partial charge on any atom is -0.495 e. The number of halogens is 2. The van der Waals surface area contributed by atoms with Crippen LogP contribution in [-0.4, -0.2) is 25.7 Å². The number of hydrogen-bond donors (Lipinski definition) is 3. The molecule has 0 radical (unpaired) electrons. The Morgan fingerprint density at radius 1 is 1.15 bits per heavy atom. The summed E-state index contributed by atoms with van der Waals surface area (Å²) >= 11 is 5.61. The Hall–Kier alpha value is -3.00. The number of urea groups is 1. The maximum atomic E-state index is 13.0. The van der Waals surface area contributed by atoms with Crippen molar-refractivity contribution in [2.75, 3.05) is 19.0 Å². The van der Waals surface area contributed by atoms with Crippen LogP contribution in [0.4, 0.5) is 14.9 Å². The van der Waals surface area contributed by atoms with Crippen molar-refractivity contribution >= 4 is 29.2 Å².